The van der Waals surface area contributed by atoms with Crippen LogP contribution in [0, 0.1) is 34.0 Å². The molecule has 0 saturated heterocycles. The lowest BCUT2D eigenvalue weighted by atomic mass is 9.38. The highest BCUT2D eigenvalue weighted by atomic mass is 16.6. The number of ether oxygens (including phenoxy) is 4. The number of aliphatic hydroxyl groups excluding tert-OH is 1. The van der Waals surface area contributed by atoms with Gasteiger partial charge in [-0.25, -0.2) is 0 Å². The molecule has 0 radical (unpaired) electrons. The molecule has 10 heteroatoms. The van der Waals surface area contributed by atoms with E-state index in [9.17, 15) is 29.1 Å². The molecule has 0 amide bonds. The Morgan fingerprint density at radius 3 is 1.84 bits per heavy atom. The van der Waals surface area contributed by atoms with Gasteiger partial charge in [0.05, 0.1) is 6.10 Å². The van der Waals surface area contributed by atoms with Crippen LogP contribution in [0.3, 0.4) is 0 Å². The largest absolute Gasteiger partial charge is 0.459 e. The van der Waals surface area contributed by atoms with E-state index in [2.05, 4.69) is 6.58 Å². The van der Waals surface area contributed by atoms with Crippen LogP contribution < -0.4 is 0 Å². The number of hydrogen-bond donors (Lipinski definition) is 1. The third-order valence-electron chi connectivity index (χ3n) is 9.53. The van der Waals surface area contributed by atoms with Gasteiger partial charge in [0.1, 0.15) is 24.4 Å². The molecule has 4 aliphatic carbocycles. The Bertz CT molecular complexity index is 1090. The van der Waals surface area contributed by atoms with E-state index in [-0.39, 0.29) is 30.6 Å². The minimum atomic E-state index is -1.12. The standard InChI is InChI=1S/C28H38O10/c1-12-17-9-28(24(12)34)10-18(33)22-26(6,7)25(38-16(5)32)19(35-13(2)29)11-27(22,8)23(28)21(37-15(4)31)20(17)36-14(3)30/h17-23,25,33H,1,9-11H2,2-8H3/t17-,18-,19+,20-,21+,22-,23+,25+,27-,28+/m1/s1. The van der Waals surface area contributed by atoms with Crippen molar-refractivity contribution in [3.05, 3.63) is 12.2 Å². The third-order valence-corrected chi connectivity index (χ3v) is 9.53. The molecule has 0 heterocycles. The molecular weight excluding hydrogens is 496 g/mol. The zero-order valence-corrected chi connectivity index (χ0v) is 23.1. The molecule has 4 rings (SSSR count). The van der Waals surface area contributed by atoms with Crippen molar-refractivity contribution in [2.24, 2.45) is 34.0 Å². The van der Waals surface area contributed by atoms with Gasteiger partial charge >= 0.3 is 23.9 Å². The number of hydrogen-bond acceptors (Lipinski definition) is 10. The maximum atomic E-state index is 14.0. The average molecular weight is 535 g/mol. The van der Waals surface area contributed by atoms with Gasteiger partial charge in [-0.2, -0.15) is 0 Å². The summed E-state index contributed by atoms with van der Waals surface area (Å²) in [6.45, 7) is 14.6. The van der Waals surface area contributed by atoms with Crippen molar-refractivity contribution in [3.8, 4) is 0 Å². The van der Waals surface area contributed by atoms with E-state index >= 15 is 0 Å². The first-order valence-corrected chi connectivity index (χ1v) is 13.1. The maximum absolute atomic E-state index is 14.0. The van der Waals surface area contributed by atoms with Gasteiger partial charge in [-0.3, -0.25) is 24.0 Å². The fourth-order valence-corrected chi connectivity index (χ4v) is 9.03. The van der Waals surface area contributed by atoms with Crippen LogP contribution in [-0.4, -0.2) is 65.3 Å². The van der Waals surface area contributed by atoms with Crippen LogP contribution in [-0.2, 0) is 42.9 Å². The number of rotatable bonds is 4. The molecule has 38 heavy (non-hydrogen) atoms. The highest BCUT2D eigenvalue weighted by molar-refractivity contribution is 6.03. The lowest BCUT2D eigenvalue weighted by Crippen LogP contribution is -2.72. The molecular formula is C28H38O10. The van der Waals surface area contributed by atoms with Crippen molar-refractivity contribution in [1.82, 2.24) is 0 Å². The molecule has 4 fully saturated rings. The summed E-state index contributed by atoms with van der Waals surface area (Å²) in [5.74, 6) is -4.36. The molecule has 0 unspecified atom stereocenters. The SMILES string of the molecule is C=C1C(=O)[C@@]23C[C@@H](O)[C@@H]4C(C)(C)[C@@H](OC(C)=O)[C@@H](OC(C)=O)C[C@@]4(C)[C@@H]2[C@@H](OC(C)=O)[C@H](OC(C)=O)[C@@H]1C3. The second-order valence-electron chi connectivity index (χ2n) is 12.4. The van der Waals surface area contributed by atoms with Crippen molar-refractivity contribution in [1.29, 1.82) is 0 Å². The number of fused-ring (bicyclic) bond motifs is 3. The zero-order chi connectivity index (χ0) is 28.5. The quantitative estimate of drug-likeness (QED) is 0.324. The Hall–Kier alpha value is -2.75. The molecule has 10 atom stereocenters. The fraction of sp³-hybridized carbons (Fsp3) is 0.750. The number of esters is 4. The first-order chi connectivity index (χ1) is 17.5. The van der Waals surface area contributed by atoms with Crippen LogP contribution in [0.15, 0.2) is 12.2 Å². The minimum Gasteiger partial charge on any atom is -0.459 e. The summed E-state index contributed by atoms with van der Waals surface area (Å²) in [6, 6.07) is 0. The van der Waals surface area contributed by atoms with Crippen LogP contribution >= 0.6 is 0 Å². The van der Waals surface area contributed by atoms with Crippen molar-refractivity contribution in [2.45, 2.75) is 98.2 Å². The van der Waals surface area contributed by atoms with Crippen LogP contribution in [0.2, 0.25) is 0 Å². The summed E-state index contributed by atoms with van der Waals surface area (Å²) in [5.41, 5.74) is -2.72. The van der Waals surface area contributed by atoms with Gasteiger partial charge in [0.25, 0.3) is 0 Å². The maximum Gasteiger partial charge on any atom is 0.303 e. The zero-order valence-electron chi connectivity index (χ0n) is 23.1. The molecule has 4 aliphatic rings. The fourth-order valence-electron chi connectivity index (χ4n) is 9.03. The van der Waals surface area contributed by atoms with Crippen LogP contribution in [0.5, 0.6) is 0 Å². The summed E-state index contributed by atoms with van der Waals surface area (Å²) in [6.07, 6.45) is -4.19. The highest BCUT2D eigenvalue weighted by Crippen LogP contribution is 2.72. The van der Waals surface area contributed by atoms with Crippen molar-refractivity contribution >= 4 is 29.7 Å². The summed E-state index contributed by atoms with van der Waals surface area (Å²) in [4.78, 5) is 62.8. The van der Waals surface area contributed by atoms with Gasteiger partial charge in [-0.1, -0.05) is 27.4 Å². The summed E-state index contributed by atoms with van der Waals surface area (Å²) < 4.78 is 23.0. The smallest absolute Gasteiger partial charge is 0.303 e. The second kappa shape index (κ2) is 9.17. The minimum absolute atomic E-state index is 0.0886. The predicted octanol–water partition coefficient (Wildman–Crippen LogP) is 2.29. The predicted molar refractivity (Wildman–Crippen MR) is 131 cm³/mol. The lowest BCUT2D eigenvalue weighted by Gasteiger charge is -2.67. The molecule has 10 nitrogen and oxygen atoms in total. The molecule has 0 aliphatic heterocycles. The van der Waals surface area contributed by atoms with Gasteiger partial charge in [-0.15, -0.1) is 0 Å². The van der Waals surface area contributed by atoms with E-state index in [1.165, 1.54) is 27.7 Å². The van der Waals surface area contributed by atoms with E-state index in [1.54, 1.807) is 0 Å². The van der Waals surface area contributed by atoms with Gasteiger partial charge < -0.3 is 24.1 Å². The van der Waals surface area contributed by atoms with Crippen LogP contribution in [0.25, 0.3) is 0 Å². The highest BCUT2D eigenvalue weighted by Gasteiger charge is 2.76. The summed E-state index contributed by atoms with van der Waals surface area (Å²) >= 11 is 0. The molecule has 2 bridgehead atoms. The Morgan fingerprint density at radius 1 is 0.789 bits per heavy atom. The van der Waals surface area contributed by atoms with Gasteiger partial charge in [-0.05, 0) is 36.2 Å². The molecule has 4 saturated carbocycles. The first-order valence-electron chi connectivity index (χ1n) is 13.1. The second-order valence-corrected chi connectivity index (χ2v) is 12.4. The van der Waals surface area contributed by atoms with Crippen LogP contribution in [0.1, 0.15) is 67.7 Å². The van der Waals surface area contributed by atoms with E-state index in [0.717, 1.165) is 0 Å². The van der Waals surface area contributed by atoms with E-state index < -0.39 is 88.4 Å². The van der Waals surface area contributed by atoms with Crippen molar-refractivity contribution in [3.63, 3.8) is 0 Å². The third kappa shape index (κ3) is 4.06. The molecule has 0 aromatic carbocycles. The number of carbonyl (C=O) groups is 5. The van der Waals surface area contributed by atoms with Crippen molar-refractivity contribution in [2.75, 3.05) is 0 Å². The average Bonchev–Trinajstić information content (AvgIpc) is 2.94. The molecule has 0 aromatic heterocycles. The number of ketones is 1. The molecule has 210 valence electrons. The Balaban J connectivity index is 1.95. The normalized spacial score (nSPS) is 42.8. The number of Topliss-reactive ketones (excluding diaryl/α,β-unsaturated/α-hetero) is 1. The summed E-state index contributed by atoms with van der Waals surface area (Å²) in [5, 5.41) is 11.7. The molecule has 1 spiro atoms. The van der Waals surface area contributed by atoms with E-state index in [0.29, 0.717) is 0 Å². The summed E-state index contributed by atoms with van der Waals surface area (Å²) in [7, 11) is 0. The van der Waals surface area contributed by atoms with Gasteiger partial charge in [0.15, 0.2) is 5.78 Å². The van der Waals surface area contributed by atoms with E-state index in [4.69, 9.17) is 18.9 Å². The van der Waals surface area contributed by atoms with E-state index in [1.807, 2.05) is 20.8 Å². The monoisotopic (exact) mass is 534 g/mol. The molecule has 0 aromatic rings. The molecule has 1 N–H and O–H groups in total. The Morgan fingerprint density at radius 2 is 1.32 bits per heavy atom. The van der Waals surface area contributed by atoms with Crippen molar-refractivity contribution < 1.29 is 48.0 Å². The first kappa shape index (κ1) is 28.3. The number of carbonyl (C=O) groups excluding carboxylic acids is 5. The topological polar surface area (TPSA) is 143 Å². The Kier molecular flexibility index (Phi) is 6.82. The Labute approximate surface area is 222 Å². The number of aliphatic hydroxyl groups is 1. The van der Waals surface area contributed by atoms with Gasteiger partial charge in [0, 0.05) is 50.4 Å². The van der Waals surface area contributed by atoms with Gasteiger partial charge in [0.2, 0.25) is 0 Å². The van der Waals surface area contributed by atoms with Crippen LogP contribution in [0.4, 0.5) is 0 Å². The lowest BCUT2D eigenvalue weighted by molar-refractivity contribution is -0.280.